The number of sulfonamides is 1. The maximum absolute atomic E-state index is 13.9. The summed E-state index contributed by atoms with van der Waals surface area (Å²) >= 11 is 0. The molecule has 1 aromatic heterocycles. The molecule has 4 rings (SSSR count). The van der Waals surface area contributed by atoms with E-state index in [1.165, 1.54) is 12.0 Å². The molecule has 0 bridgehead atoms. The van der Waals surface area contributed by atoms with Gasteiger partial charge in [0.15, 0.2) is 5.82 Å². The van der Waals surface area contributed by atoms with Crippen molar-refractivity contribution < 1.29 is 35.9 Å². The van der Waals surface area contributed by atoms with Crippen LogP contribution in [0.3, 0.4) is 0 Å². The van der Waals surface area contributed by atoms with E-state index in [1.54, 1.807) is 31.2 Å². The van der Waals surface area contributed by atoms with Gasteiger partial charge >= 0.3 is 12.1 Å². The van der Waals surface area contributed by atoms with E-state index in [-0.39, 0.29) is 42.6 Å². The lowest BCUT2D eigenvalue weighted by Crippen LogP contribution is -2.55. The van der Waals surface area contributed by atoms with Crippen LogP contribution in [-0.4, -0.2) is 72.3 Å². The zero-order valence-corrected chi connectivity index (χ0v) is 23.7. The monoisotopic (exact) mass is 590 g/mol. The first kappa shape index (κ1) is 30.1. The topological polar surface area (TPSA) is 110 Å². The molecule has 0 spiro atoms. The second-order valence-electron chi connectivity index (χ2n) is 9.91. The number of rotatable bonds is 6. The lowest BCUT2D eigenvalue weighted by Gasteiger charge is -2.39. The lowest BCUT2D eigenvalue weighted by molar-refractivity contribution is -0.137. The van der Waals surface area contributed by atoms with Gasteiger partial charge in [0, 0.05) is 31.2 Å². The van der Waals surface area contributed by atoms with Crippen LogP contribution in [-0.2, 0) is 20.9 Å². The van der Waals surface area contributed by atoms with Crippen molar-refractivity contribution in [3.05, 3.63) is 77.1 Å². The number of hydrogen-bond donors (Lipinski definition) is 0. The van der Waals surface area contributed by atoms with Gasteiger partial charge in [-0.25, -0.2) is 23.2 Å². The van der Waals surface area contributed by atoms with Gasteiger partial charge in [0.1, 0.15) is 11.3 Å². The zero-order valence-electron chi connectivity index (χ0n) is 22.8. The van der Waals surface area contributed by atoms with Gasteiger partial charge in [0.05, 0.1) is 23.3 Å². The molecule has 0 radical (unpaired) electrons. The molecule has 1 aliphatic rings. The molecular weight excluding hydrogens is 561 g/mol. The van der Waals surface area contributed by atoms with Crippen LogP contribution in [0.4, 0.5) is 13.2 Å². The Labute approximate surface area is 236 Å². The van der Waals surface area contributed by atoms with Crippen LogP contribution >= 0.6 is 0 Å². The third-order valence-electron chi connectivity index (χ3n) is 6.73. The van der Waals surface area contributed by atoms with Crippen LogP contribution in [0, 0.1) is 0 Å². The van der Waals surface area contributed by atoms with E-state index < -0.39 is 44.6 Å². The summed E-state index contributed by atoms with van der Waals surface area (Å²) in [4.78, 5) is 36.6. The van der Waals surface area contributed by atoms with E-state index in [2.05, 4.69) is 9.97 Å². The average Bonchev–Trinajstić information content (AvgIpc) is 2.95. The summed E-state index contributed by atoms with van der Waals surface area (Å²) in [6.07, 6.45) is -4.70. The minimum Gasteiger partial charge on any atom is -0.465 e. The Bertz CT molecular complexity index is 1560. The van der Waals surface area contributed by atoms with Crippen molar-refractivity contribution in [1.29, 1.82) is 0 Å². The summed E-state index contributed by atoms with van der Waals surface area (Å²) in [6.45, 7) is 4.85. The van der Waals surface area contributed by atoms with Crippen molar-refractivity contribution in [1.82, 2.24) is 19.2 Å². The Kier molecular flexibility index (Phi) is 8.50. The van der Waals surface area contributed by atoms with Gasteiger partial charge in [0.2, 0.25) is 10.0 Å². The molecule has 0 N–H and O–H groups in total. The molecule has 41 heavy (non-hydrogen) atoms. The van der Waals surface area contributed by atoms with Gasteiger partial charge < -0.3 is 9.64 Å². The van der Waals surface area contributed by atoms with E-state index in [0.29, 0.717) is 17.3 Å². The van der Waals surface area contributed by atoms with E-state index in [1.807, 2.05) is 19.9 Å². The standard InChI is InChI=1S/C28H29F3N4O5S/c1-17(2)23-22(27(37)40-4)24(33-25(32-23)19-9-6-5-7-10-19)26(36)34-13-14-35(18(3)16-34)41(38,39)21-12-8-11-20(15-21)28(29,30)31/h5-12,15,17-18H,13-14,16H2,1-4H3. The number of ether oxygens (including phenoxy) is 1. The number of piperazine rings is 1. The van der Waals surface area contributed by atoms with Crippen LogP contribution in [0.15, 0.2) is 59.5 Å². The van der Waals surface area contributed by atoms with Crippen LogP contribution < -0.4 is 0 Å². The number of carbonyl (C=O) groups is 2. The fourth-order valence-electron chi connectivity index (χ4n) is 4.67. The minimum atomic E-state index is -4.70. The molecule has 1 unspecified atom stereocenters. The molecule has 218 valence electrons. The Morgan fingerprint density at radius 3 is 2.29 bits per heavy atom. The first-order chi connectivity index (χ1) is 19.3. The van der Waals surface area contributed by atoms with Crippen LogP contribution in [0.2, 0.25) is 0 Å². The number of halogens is 3. The largest absolute Gasteiger partial charge is 0.465 e. The zero-order chi connectivity index (χ0) is 30.1. The maximum Gasteiger partial charge on any atom is 0.416 e. The quantitative estimate of drug-likeness (QED) is 0.386. The van der Waals surface area contributed by atoms with Crippen molar-refractivity contribution in [2.75, 3.05) is 26.7 Å². The van der Waals surface area contributed by atoms with Crippen molar-refractivity contribution in [2.45, 2.75) is 43.8 Å². The molecule has 1 saturated heterocycles. The van der Waals surface area contributed by atoms with Gasteiger partial charge in [0.25, 0.3) is 5.91 Å². The summed E-state index contributed by atoms with van der Waals surface area (Å²) < 4.78 is 72.3. The summed E-state index contributed by atoms with van der Waals surface area (Å²) in [5.41, 5.74) is -0.359. The third kappa shape index (κ3) is 6.10. The third-order valence-corrected chi connectivity index (χ3v) is 8.74. The SMILES string of the molecule is COC(=O)c1c(C(=O)N2CCN(S(=O)(=O)c3cccc(C(F)(F)F)c3)C(C)C2)nc(-c2ccccc2)nc1C(C)C. The molecule has 3 aromatic rings. The highest BCUT2D eigenvalue weighted by atomic mass is 32.2. The number of amides is 1. The summed E-state index contributed by atoms with van der Waals surface area (Å²) in [5, 5.41) is 0. The highest BCUT2D eigenvalue weighted by molar-refractivity contribution is 7.89. The number of esters is 1. The van der Waals surface area contributed by atoms with Crippen molar-refractivity contribution >= 4 is 21.9 Å². The Balaban J connectivity index is 1.68. The molecular formula is C28H29F3N4O5S. The van der Waals surface area contributed by atoms with Gasteiger partial charge in [-0.3, -0.25) is 4.79 Å². The lowest BCUT2D eigenvalue weighted by atomic mass is 10.0. The number of methoxy groups -OCH3 is 1. The van der Waals surface area contributed by atoms with Crippen LogP contribution in [0.25, 0.3) is 11.4 Å². The smallest absolute Gasteiger partial charge is 0.416 e. The van der Waals surface area contributed by atoms with Gasteiger partial charge in [-0.2, -0.15) is 17.5 Å². The van der Waals surface area contributed by atoms with Gasteiger partial charge in [-0.1, -0.05) is 50.2 Å². The summed E-state index contributed by atoms with van der Waals surface area (Å²) in [5.74, 6) is -1.43. The molecule has 2 aromatic carbocycles. The molecule has 1 fully saturated rings. The summed E-state index contributed by atoms with van der Waals surface area (Å²) in [7, 11) is -3.11. The number of benzene rings is 2. The highest BCUT2D eigenvalue weighted by Crippen LogP contribution is 2.32. The van der Waals surface area contributed by atoms with Crippen LogP contribution in [0.1, 0.15) is 58.8 Å². The Morgan fingerprint density at radius 1 is 1.02 bits per heavy atom. The number of nitrogens with zero attached hydrogens (tertiary/aromatic N) is 4. The minimum absolute atomic E-state index is 0.0705. The summed E-state index contributed by atoms with van der Waals surface area (Å²) in [6, 6.07) is 11.7. The predicted octanol–water partition coefficient (Wildman–Crippen LogP) is 4.61. The molecule has 1 aliphatic heterocycles. The molecule has 13 heteroatoms. The Morgan fingerprint density at radius 2 is 1.71 bits per heavy atom. The number of hydrogen-bond acceptors (Lipinski definition) is 7. The number of carbonyl (C=O) groups excluding carboxylic acids is 2. The van der Waals surface area contributed by atoms with Gasteiger partial charge in [-0.15, -0.1) is 0 Å². The molecule has 1 atom stereocenters. The van der Waals surface area contributed by atoms with E-state index >= 15 is 0 Å². The van der Waals surface area contributed by atoms with Crippen molar-refractivity contribution in [3.8, 4) is 11.4 Å². The Hall–Kier alpha value is -3.84. The maximum atomic E-state index is 13.9. The highest BCUT2D eigenvalue weighted by Gasteiger charge is 2.39. The number of aromatic nitrogens is 2. The van der Waals surface area contributed by atoms with E-state index in [9.17, 15) is 31.2 Å². The fourth-order valence-corrected chi connectivity index (χ4v) is 6.33. The molecule has 0 saturated carbocycles. The number of alkyl halides is 3. The van der Waals surface area contributed by atoms with Gasteiger partial charge in [-0.05, 0) is 31.0 Å². The average molecular weight is 591 g/mol. The molecule has 9 nitrogen and oxygen atoms in total. The first-order valence-electron chi connectivity index (χ1n) is 12.8. The first-order valence-corrected chi connectivity index (χ1v) is 14.2. The predicted molar refractivity (Wildman–Crippen MR) is 144 cm³/mol. The molecule has 1 amide bonds. The second-order valence-corrected chi connectivity index (χ2v) is 11.8. The second kappa shape index (κ2) is 11.6. The van der Waals surface area contributed by atoms with E-state index in [0.717, 1.165) is 22.5 Å². The molecule has 2 heterocycles. The van der Waals surface area contributed by atoms with Crippen molar-refractivity contribution in [2.24, 2.45) is 0 Å². The fraction of sp³-hybridized carbons (Fsp3) is 0.357. The van der Waals surface area contributed by atoms with Crippen molar-refractivity contribution in [3.63, 3.8) is 0 Å². The normalized spacial score (nSPS) is 16.6. The molecule has 0 aliphatic carbocycles. The van der Waals surface area contributed by atoms with E-state index in [4.69, 9.17) is 4.74 Å². The van der Waals surface area contributed by atoms with Crippen LogP contribution in [0.5, 0.6) is 0 Å².